The number of amides is 1. The molecule has 1 atom stereocenters. The summed E-state index contributed by atoms with van der Waals surface area (Å²) in [6, 6.07) is 6.16. The number of primary amides is 1. The molecule has 0 aliphatic heterocycles. The van der Waals surface area contributed by atoms with Crippen LogP contribution in [0.25, 0.3) is 0 Å². The Hall–Kier alpha value is -1.67. The quantitative estimate of drug-likeness (QED) is 0.780. The third-order valence-corrected chi connectivity index (χ3v) is 4.14. The van der Waals surface area contributed by atoms with Crippen LogP contribution < -0.4 is 11.2 Å². The second kappa shape index (κ2) is 7.27. The van der Waals surface area contributed by atoms with E-state index in [1.54, 1.807) is 18.2 Å². The molecule has 0 spiro atoms. The van der Waals surface area contributed by atoms with Gasteiger partial charge in [0.2, 0.25) is 0 Å². The molecule has 0 aliphatic rings. The van der Waals surface area contributed by atoms with Crippen LogP contribution in [0.15, 0.2) is 30.5 Å². The Morgan fingerprint density at radius 2 is 1.96 bits per heavy atom. The normalized spacial score (nSPS) is 12.1. The van der Waals surface area contributed by atoms with E-state index < -0.39 is 17.0 Å². The fourth-order valence-corrected chi connectivity index (χ4v) is 3.06. The summed E-state index contributed by atoms with van der Waals surface area (Å²) in [6.07, 6.45) is 1.48. The molecule has 1 amide bonds. The van der Waals surface area contributed by atoms with E-state index in [9.17, 15) is 13.6 Å². The SMILES string of the molecule is N=c1c(C(N)=O)cc(Cl)cn1Cc1ccc(Cl)cc1CS(=O)[O-]. The van der Waals surface area contributed by atoms with Gasteiger partial charge in [-0.2, -0.15) is 0 Å². The maximum atomic E-state index is 11.4. The van der Waals surface area contributed by atoms with Gasteiger partial charge in [-0.3, -0.25) is 14.4 Å². The molecular formula is C14H12Cl2N3O3S-. The minimum Gasteiger partial charge on any atom is -0.772 e. The number of hydrogen-bond acceptors (Lipinski definition) is 4. The predicted molar refractivity (Wildman–Crippen MR) is 87.0 cm³/mol. The van der Waals surface area contributed by atoms with Crippen LogP contribution in [0.3, 0.4) is 0 Å². The zero-order valence-electron chi connectivity index (χ0n) is 11.7. The average molecular weight is 373 g/mol. The van der Waals surface area contributed by atoms with Gasteiger partial charge in [0, 0.05) is 23.5 Å². The second-order valence-corrected chi connectivity index (χ2v) is 6.54. The maximum absolute atomic E-state index is 11.4. The molecule has 9 heteroatoms. The molecule has 1 aromatic heterocycles. The molecule has 3 N–H and O–H groups in total. The van der Waals surface area contributed by atoms with Gasteiger partial charge in [0.15, 0.2) is 0 Å². The molecule has 2 rings (SSSR count). The van der Waals surface area contributed by atoms with Crippen molar-refractivity contribution in [2.45, 2.75) is 12.3 Å². The maximum Gasteiger partial charge on any atom is 0.252 e. The van der Waals surface area contributed by atoms with Crippen molar-refractivity contribution in [1.82, 2.24) is 4.57 Å². The lowest BCUT2D eigenvalue weighted by Gasteiger charge is -2.15. The highest BCUT2D eigenvalue weighted by Gasteiger charge is 2.11. The van der Waals surface area contributed by atoms with E-state index in [1.165, 1.54) is 16.8 Å². The van der Waals surface area contributed by atoms with E-state index in [0.717, 1.165) is 0 Å². The molecule has 2 aromatic rings. The summed E-state index contributed by atoms with van der Waals surface area (Å²) in [6.45, 7) is 0.156. The topological polar surface area (TPSA) is 112 Å². The van der Waals surface area contributed by atoms with E-state index in [1.807, 2.05) is 0 Å². The summed E-state index contributed by atoms with van der Waals surface area (Å²) in [5, 5.41) is 8.69. The Morgan fingerprint density at radius 3 is 2.57 bits per heavy atom. The van der Waals surface area contributed by atoms with E-state index in [2.05, 4.69) is 0 Å². The highest BCUT2D eigenvalue weighted by atomic mass is 35.5. The van der Waals surface area contributed by atoms with E-state index in [-0.39, 0.29) is 28.4 Å². The van der Waals surface area contributed by atoms with Gasteiger partial charge in [-0.05, 0) is 29.3 Å². The van der Waals surface area contributed by atoms with Crippen molar-refractivity contribution in [2.75, 3.05) is 0 Å². The molecule has 6 nitrogen and oxygen atoms in total. The first-order chi connectivity index (χ1) is 10.8. The van der Waals surface area contributed by atoms with Crippen LogP contribution in [0.1, 0.15) is 21.5 Å². The van der Waals surface area contributed by atoms with Crippen LogP contribution in [0.4, 0.5) is 0 Å². The lowest BCUT2D eigenvalue weighted by Crippen LogP contribution is -2.30. The summed E-state index contributed by atoms with van der Waals surface area (Å²) in [4.78, 5) is 11.4. The van der Waals surface area contributed by atoms with E-state index in [0.29, 0.717) is 16.1 Å². The Kier molecular flexibility index (Phi) is 5.59. The summed E-state index contributed by atoms with van der Waals surface area (Å²) in [7, 11) is 0. The van der Waals surface area contributed by atoms with Crippen molar-refractivity contribution < 1.29 is 13.6 Å². The monoisotopic (exact) mass is 372 g/mol. The first-order valence-corrected chi connectivity index (χ1v) is 8.35. The Labute approximate surface area is 144 Å². The van der Waals surface area contributed by atoms with Gasteiger partial charge in [0.05, 0.1) is 10.6 Å². The molecule has 0 bridgehead atoms. The van der Waals surface area contributed by atoms with Gasteiger partial charge in [0.1, 0.15) is 5.49 Å². The zero-order chi connectivity index (χ0) is 17.1. The number of aromatic nitrogens is 1. The standard InChI is InChI=1S/C14H13Cl2N3O3S/c15-10-2-1-8(9(3-10)7-23(21)22)5-19-6-11(16)4-12(13(19)17)14(18)20/h1-4,6,17H,5,7H2,(H2,18,20)(H,21,22)/p-1. The van der Waals surface area contributed by atoms with Gasteiger partial charge in [-0.1, -0.05) is 40.3 Å². The Bertz CT molecular complexity index is 852. The van der Waals surface area contributed by atoms with Gasteiger partial charge in [0.25, 0.3) is 5.91 Å². The lowest BCUT2D eigenvalue weighted by molar-refractivity contribution is 0.0997. The fourth-order valence-electron chi connectivity index (χ4n) is 2.12. The third-order valence-electron chi connectivity index (χ3n) is 3.15. The number of rotatable bonds is 5. The molecule has 1 heterocycles. The molecule has 23 heavy (non-hydrogen) atoms. The molecule has 0 fully saturated rings. The molecule has 0 saturated carbocycles. The molecular weight excluding hydrogens is 361 g/mol. The van der Waals surface area contributed by atoms with Gasteiger partial charge < -0.3 is 14.9 Å². The summed E-state index contributed by atoms with van der Waals surface area (Å²) < 4.78 is 23.4. The van der Waals surface area contributed by atoms with Gasteiger partial charge in [-0.25, -0.2) is 0 Å². The van der Waals surface area contributed by atoms with E-state index >= 15 is 0 Å². The van der Waals surface area contributed by atoms with Crippen LogP contribution in [0.5, 0.6) is 0 Å². The van der Waals surface area contributed by atoms with Crippen LogP contribution in [-0.4, -0.2) is 19.2 Å². The van der Waals surface area contributed by atoms with Crippen molar-refractivity contribution in [3.63, 3.8) is 0 Å². The fraction of sp³-hybridized carbons (Fsp3) is 0.143. The summed E-state index contributed by atoms with van der Waals surface area (Å²) >= 11 is 9.57. The number of nitrogens with one attached hydrogen (secondary N) is 1. The van der Waals surface area contributed by atoms with E-state index in [4.69, 9.17) is 34.3 Å². The molecule has 1 unspecified atom stereocenters. The molecule has 0 aliphatic carbocycles. The molecule has 1 aromatic carbocycles. The number of pyridine rings is 1. The van der Waals surface area contributed by atoms with Gasteiger partial charge >= 0.3 is 0 Å². The highest BCUT2D eigenvalue weighted by molar-refractivity contribution is 7.78. The number of halogens is 2. The number of nitrogens with zero attached hydrogens (tertiary/aromatic N) is 1. The second-order valence-electron chi connectivity index (χ2n) is 4.77. The van der Waals surface area contributed by atoms with Crippen LogP contribution in [0, 0.1) is 5.41 Å². The van der Waals surface area contributed by atoms with Crippen LogP contribution >= 0.6 is 23.2 Å². The molecule has 0 radical (unpaired) electrons. The summed E-state index contributed by atoms with van der Waals surface area (Å²) in [5.74, 6) is -0.962. The summed E-state index contributed by atoms with van der Waals surface area (Å²) in [5.41, 5.74) is 6.27. The van der Waals surface area contributed by atoms with Crippen molar-refractivity contribution in [3.8, 4) is 0 Å². The minimum absolute atomic E-state index is 0.0135. The molecule has 122 valence electrons. The number of benzene rings is 1. The smallest absolute Gasteiger partial charge is 0.252 e. The average Bonchev–Trinajstić information content (AvgIpc) is 2.44. The van der Waals surface area contributed by atoms with Crippen molar-refractivity contribution >= 4 is 40.2 Å². The van der Waals surface area contributed by atoms with Crippen LogP contribution in [-0.2, 0) is 23.4 Å². The largest absolute Gasteiger partial charge is 0.772 e. The van der Waals surface area contributed by atoms with Crippen molar-refractivity contribution in [1.29, 1.82) is 5.41 Å². The number of nitrogens with two attached hydrogens (primary N) is 1. The number of hydrogen-bond donors (Lipinski definition) is 2. The zero-order valence-corrected chi connectivity index (χ0v) is 14.0. The molecule has 0 saturated heterocycles. The number of carbonyl (C=O) groups excluding carboxylic acids is 1. The number of carbonyl (C=O) groups is 1. The predicted octanol–water partition coefficient (Wildman–Crippen LogP) is 1.80. The highest BCUT2D eigenvalue weighted by Crippen LogP contribution is 2.19. The van der Waals surface area contributed by atoms with Crippen LogP contribution in [0.2, 0.25) is 10.0 Å². The van der Waals surface area contributed by atoms with Crippen molar-refractivity contribution in [2.24, 2.45) is 5.73 Å². The minimum atomic E-state index is -2.28. The van der Waals surface area contributed by atoms with Crippen molar-refractivity contribution in [3.05, 3.63) is 62.7 Å². The first kappa shape index (κ1) is 17.7. The van der Waals surface area contributed by atoms with Gasteiger partial charge in [-0.15, -0.1) is 0 Å². The first-order valence-electron chi connectivity index (χ1n) is 6.35. The Balaban J connectivity index is 2.50. The lowest BCUT2D eigenvalue weighted by atomic mass is 10.1. The Morgan fingerprint density at radius 1 is 1.26 bits per heavy atom. The third kappa shape index (κ3) is 4.42.